The number of hydrogen-bond donors (Lipinski definition) is 1. The number of amides is 1. The molecule has 1 unspecified atom stereocenters. The Kier molecular flexibility index (Phi) is 5.14. The highest BCUT2D eigenvalue weighted by molar-refractivity contribution is 5.76. The van der Waals surface area contributed by atoms with Gasteiger partial charge in [-0.1, -0.05) is 18.2 Å². The van der Waals surface area contributed by atoms with Crippen LogP contribution in [0, 0.1) is 11.7 Å². The molecule has 0 saturated carbocycles. The first-order valence-corrected chi connectivity index (χ1v) is 9.34. The van der Waals surface area contributed by atoms with Crippen molar-refractivity contribution in [2.75, 3.05) is 31.3 Å². The summed E-state index contributed by atoms with van der Waals surface area (Å²) in [5.74, 6) is 1.69. The maximum absolute atomic E-state index is 13.9. The minimum Gasteiger partial charge on any atom is -0.454 e. The van der Waals surface area contributed by atoms with Crippen LogP contribution in [0.5, 0.6) is 11.5 Å². The number of nitrogens with zero attached hydrogens (tertiary/aromatic N) is 1. The third-order valence-corrected chi connectivity index (χ3v) is 5.14. The quantitative estimate of drug-likeness (QED) is 0.849. The van der Waals surface area contributed by atoms with Crippen molar-refractivity contribution in [3.8, 4) is 11.5 Å². The molecule has 2 aromatic rings. The molecule has 0 bridgehead atoms. The van der Waals surface area contributed by atoms with Crippen LogP contribution in [-0.2, 0) is 11.2 Å². The van der Waals surface area contributed by atoms with Gasteiger partial charge in [-0.3, -0.25) is 4.79 Å². The Morgan fingerprint density at radius 2 is 2.04 bits per heavy atom. The summed E-state index contributed by atoms with van der Waals surface area (Å²) < 4.78 is 24.6. The Morgan fingerprint density at radius 1 is 1.19 bits per heavy atom. The minimum absolute atomic E-state index is 0.0389. The average molecular weight is 370 g/mol. The van der Waals surface area contributed by atoms with Crippen molar-refractivity contribution in [2.24, 2.45) is 5.92 Å². The van der Waals surface area contributed by atoms with E-state index < -0.39 is 0 Å². The highest BCUT2D eigenvalue weighted by atomic mass is 19.1. The third kappa shape index (κ3) is 4.15. The number of nitrogens with one attached hydrogen (secondary N) is 1. The van der Waals surface area contributed by atoms with Crippen molar-refractivity contribution in [1.82, 2.24) is 5.32 Å². The van der Waals surface area contributed by atoms with Gasteiger partial charge < -0.3 is 19.7 Å². The molecular weight excluding hydrogens is 347 g/mol. The molecule has 2 aliphatic rings. The zero-order valence-electron chi connectivity index (χ0n) is 15.1. The Hall–Kier alpha value is -2.76. The number of ether oxygens (including phenoxy) is 2. The van der Waals surface area contributed by atoms with Crippen LogP contribution in [0.15, 0.2) is 42.5 Å². The zero-order valence-corrected chi connectivity index (χ0v) is 15.1. The van der Waals surface area contributed by atoms with Crippen LogP contribution in [-0.4, -0.2) is 32.3 Å². The van der Waals surface area contributed by atoms with E-state index in [0.717, 1.165) is 36.6 Å². The minimum atomic E-state index is -0.189. The molecule has 2 heterocycles. The molecule has 1 amide bonds. The van der Waals surface area contributed by atoms with E-state index in [0.29, 0.717) is 31.0 Å². The highest BCUT2D eigenvalue weighted by Crippen LogP contribution is 2.32. The summed E-state index contributed by atoms with van der Waals surface area (Å²) in [6.07, 6.45) is 2.05. The first kappa shape index (κ1) is 17.6. The van der Waals surface area contributed by atoms with E-state index in [1.165, 1.54) is 6.07 Å². The van der Waals surface area contributed by atoms with Crippen LogP contribution in [0.3, 0.4) is 0 Å². The van der Waals surface area contributed by atoms with Gasteiger partial charge in [0, 0.05) is 26.1 Å². The molecule has 0 aromatic heterocycles. The zero-order chi connectivity index (χ0) is 18.6. The summed E-state index contributed by atoms with van der Waals surface area (Å²) in [7, 11) is 0. The third-order valence-electron chi connectivity index (χ3n) is 5.14. The maximum atomic E-state index is 13.9. The van der Waals surface area contributed by atoms with Crippen molar-refractivity contribution in [2.45, 2.75) is 19.3 Å². The standard InChI is InChI=1S/C21H23FN2O3/c22-17-3-1-2-4-18(17)24-10-9-16(13-24)12-23-21(25)8-6-15-5-7-19-20(11-15)27-14-26-19/h1-5,7,11,16H,6,8-10,12-14H2,(H,23,25). The van der Waals surface area contributed by atoms with Gasteiger partial charge in [0.2, 0.25) is 12.7 Å². The fourth-order valence-corrected chi connectivity index (χ4v) is 3.63. The van der Waals surface area contributed by atoms with Crippen molar-refractivity contribution in [1.29, 1.82) is 0 Å². The smallest absolute Gasteiger partial charge is 0.231 e. The normalized spacial score (nSPS) is 18.0. The molecule has 142 valence electrons. The second kappa shape index (κ2) is 7.86. The summed E-state index contributed by atoms with van der Waals surface area (Å²) in [5, 5.41) is 3.02. The van der Waals surface area contributed by atoms with E-state index in [4.69, 9.17) is 9.47 Å². The van der Waals surface area contributed by atoms with Crippen LogP contribution >= 0.6 is 0 Å². The number of hydrogen-bond acceptors (Lipinski definition) is 4. The van der Waals surface area contributed by atoms with Crippen LogP contribution in [0.1, 0.15) is 18.4 Å². The number of carbonyl (C=O) groups is 1. The molecule has 2 aromatic carbocycles. The second-order valence-corrected chi connectivity index (χ2v) is 7.04. The summed E-state index contributed by atoms with van der Waals surface area (Å²) in [6.45, 7) is 2.47. The number of aryl methyl sites for hydroxylation is 1. The van der Waals surface area contributed by atoms with Crippen LogP contribution in [0.25, 0.3) is 0 Å². The van der Waals surface area contributed by atoms with Gasteiger partial charge in [0.1, 0.15) is 5.82 Å². The van der Waals surface area contributed by atoms with E-state index in [2.05, 4.69) is 10.2 Å². The molecule has 1 N–H and O–H groups in total. The molecule has 1 atom stereocenters. The van der Waals surface area contributed by atoms with Gasteiger partial charge in [-0.05, 0) is 48.6 Å². The van der Waals surface area contributed by atoms with Crippen molar-refractivity contribution in [3.63, 3.8) is 0 Å². The van der Waals surface area contributed by atoms with Crippen LogP contribution in [0.2, 0.25) is 0 Å². The molecule has 2 aliphatic heterocycles. The molecule has 27 heavy (non-hydrogen) atoms. The van der Waals surface area contributed by atoms with Gasteiger partial charge in [-0.15, -0.1) is 0 Å². The Labute approximate surface area is 158 Å². The van der Waals surface area contributed by atoms with Gasteiger partial charge in [-0.25, -0.2) is 4.39 Å². The topological polar surface area (TPSA) is 50.8 Å². The van der Waals surface area contributed by atoms with Gasteiger partial charge in [-0.2, -0.15) is 0 Å². The van der Waals surface area contributed by atoms with E-state index in [1.807, 2.05) is 30.3 Å². The van der Waals surface area contributed by atoms with E-state index in [1.54, 1.807) is 6.07 Å². The number of fused-ring (bicyclic) bond motifs is 1. The molecule has 1 saturated heterocycles. The van der Waals surface area contributed by atoms with Crippen LogP contribution < -0.4 is 19.7 Å². The fourth-order valence-electron chi connectivity index (χ4n) is 3.63. The predicted octanol–water partition coefficient (Wildman–Crippen LogP) is 3.13. The second-order valence-electron chi connectivity index (χ2n) is 7.04. The Morgan fingerprint density at radius 3 is 2.93 bits per heavy atom. The summed E-state index contributed by atoms with van der Waals surface area (Å²) in [4.78, 5) is 14.2. The van der Waals surface area contributed by atoms with E-state index in [-0.39, 0.29) is 18.5 Å². The van der Waals surface area contributed by atoms with Crippen LogP contribution in [0.4, 0.5) is 10.1 Å². The first-order valence-electron chi connectivity index (χ1n) is 9.34. The molecule has 0 spiro atoms. The van der Waals surface area contributed by atoms with Crippen molar-refractivity contribution >= 4 is 11.6 Å². The van der Waals surface area contributed by atoms with Gasteiger partial charge in [0.05, 0.1) is 5.69 Å². The van der Waals surface area contributed by atoms with Gasteiger partial charge in [0.15, 0.2) is 11.5 Å². The number of carbonyl (C=O) groups excluding carboxylic acids is 1. The molecule has 1 fully saturated rings. The van der Waals surface area contributed by atoms with Gasteiger partial charge in [0.25, 0.3) is 0 Å². The number of benzene rings is 2. The molecule has 6 heteroatoms. The Balaban J connectivity index is 1.21. The Bertz CT molecular complexity index is 827. The fraction of sp³-hybridized carbons (Fsp3) is 0.381. The van der Waals surface area contributed by atoms with E-state index >= 15 is 0 Å². The maximum Gasteiger partial charge on any atom is 0.231 e. The summed E-state index contributed by atoms with van der Waals surface area (Å²) >= 11 is 0. The number of anilines is 1. The highest BCUT2D eigenvalue weighted by Gasteiger charge is 2.24. The van der Waals surface area contributed by atoms with Gasteiger partial charge >= 0.3 is 0 Å². The lowest BCUT2D eigenvalue weighted by atomic mass is 10.1. The molecule has 5 nitrogen and oxygen atoms in total. The lowest BCUT2D eigenvalue weighted by molar-refractivity contribution is -0.121. The van der Waals surface area contributed by atoms with Crippen molar-refractivity contribution < 1.29 is 18.7 Å². The first-order chi connectivity index (χ1) is 13.2. The summed E-state index contributed by atoms with van der Waals surface area (Å²) in [5.41, 5.74) is 1.70. The summed E-state index contributed by atoms with van der Waals surface area (Å²) in [6, 6.07) is 12.6. The largest absolute Gasteiger partial charge is 0.454 e. The number of halogens is 1. The molecule has 4 rings (SSSR count). The lowest BCUT2D eigenvalue weighted by Crippen LogP contribution is -2.31. The number of rotatable bonds is 6. The van der Waals surface area contributed by atoms with E-state index in [9.17, 15) is 9.18 Å². The number of para-hydroxylation sites is 1. The lowest BCUT2D eigenvalue weighted by Gasteiger charge is -2.19. The van der Waals surface area contributed by atoms with Crippen molar-refractivity contribution in [3.05, 3.63) is 53.8 Å². The predicted molar refractivity (Wildman–Crippen MR) is 101 cm³/mol. The molecular formula is C21H23FN2O3. The monoisotopic (exact) mass is 370 g/mol. The SMILES string of the molecule is O=C(CCc1ccc2c(c1)OCO2)NCC1CCN(c2ccccc2F)C1. The molecule has 0 radical (unpaired) electrons. The molecule has 0 aliphatic carbocycles. The average Bonchev–Trinajstić information content (AvgIpc) is 3.34.